The van der Waals surface area contributed by atoms with Crippen LogP contribution in [0.3, 0.4) is 0 Å². The van der Waals surface area contributed by atoms with Gasteiger partial charge in [-0.05, 0) is 23.3 Å². The van der Waals surface area contributed by atoms with Crippen LogP contribution in [-0.4, -0.2) is 12.9 Å². The van der Waals surface area contributed by atoms with E-state index in [2.05, 4.69) is 0 Å². The summed E-state index contributed by atoms with van der Waals surface area (Å²) >= 11 is 0. The molecule has 0 saturated carbocycles. The zero-order chi connectivity index (χ0) is 15.4. The lowest BCUT2D eigenvalue weighted by atomic mass is 10.0. The van der Waals surface area contributed by atoms with Crippen molar-refractivity contribution in [3.63, 3.8) is 0 Å². The zero-order valence-electron chi connectivity index (χ0n) is 11.3. The van der Waals surface area contributed by atoms with E-state index >= 15 is 0 Å². The number of ketones is 1. The van der Waals surface area contributed by atoms with Gasteiger partial charge in [0.25, 0.3) is 0 Å². The highest BCUT2D eigenvalue weighted by Crippen LogP contribution is 2.21. The maximum absolute atomic E-state index is 13.9. The van der Waals surface area contributed by atoms with Crippen molar-refractivity contribution in [2.75, 3.05) is 7.11 Å². The topological polar surface area (TPSA) is 26.3 Å². The molecule has 110 valence electrons. The number of carbonyl (C=O) groups is 1. The molecule has 2 aromatic rings. The van der Waals surface area contributed by atoms with Crippen LogP contribution < -0.4 is 4.74 Å². The average Bonchev–Trinajstić information content (AvgIpc) is 2.44. The second-order valence-corrected chi connectivity index (χ2v) is 4.56. The van der Waals surface area contributed by atoms with Crippen molar-refractivity contribution in [1.29, 1.82) is 0 Å². The molecular weight excluding hydrogens is 281 g/mol. The van der Waals surface area contributed by atoms with Crippen LogP contribution in [0.2, 0.25) is 0 Å². The van der Waals surface area contributed by atoms with Crippen LogP contribution in [0, 0.1) is 17.5 Å². The van der Waals surface area contributed by atoms with E-state index in [1.165, 1.54) is 25.3 Å². The maximum Gasteiger partial charge on any atom is 0.168 e. The van der Waals surface area contributed by atoms with E-state index in [9.17, 15) is 18.0 Å². The Morgan fingerprint density at radius 2 is 1.76 bits per heavy atom. The highest BCUT2D eigenvalue weighted by Gasteiger charge is 2.14. The summed E-state index contributed by atoms with van der Waals surface area (Å²) in [7, 11) is 1.33. The Morgan fingerprint density at radius 1 is 1.05 bits per heavy atom. The maximum atomic E-state index is 13.9. The van der Waals surface area contributed by atoms with Gasteiger partial charge in [-0.1, -0.05) is 18.2 Å². The van der Waals surface area contributed by atoms with Crippen LogP contribution in [-0.2, 0) is 17.6 Å². The van der Waals surface area contributed by atoms with Gasteiger partial charge in [-0.2, -0.15) is 0 Å². The molecule has 0 fully saturated rings. The van der Waals surface area contributed by atoms with Gasteiger partial charge in [-0.3, -0.25) is 4.79 Å². The van der Waals surface area contributed by atoms with E-state index in [0.29, 0.717) is 0 Å². The molecule has 0 N–H and O–H groups in total. The van der Waals surface area contributed by atoms with E-state index in [4.69, 9.17) is 4.74 Å². The van der Waals surface area contributed by atoms with Gasteiger partial charge >= 0.3 is 0 Å². The highest BCUT2D eigenvalue weighted by molar-refractivity contribution is 5.83. The summed E-state index contributed by atoms with van der Waals surface area (Å²) in [6, 6.07) is 7.50. The molecule has 0 radical (unpaired) electrons. The molecule has 0 bridgehead atoms. The van der Waals surface area contributed by atoms with Crippen LogP contribution in [0.4, 0.5) is 13.2 Å². The standard InChI is InChI=1S/C16H13F3O2/c1-21-15-4-2-3-11(16(15)19)8-13(20)7-10-5-6-12(17)9-14(10)18/h2-6,9H,7-8H2,1H3. The van der Waals surface area contributed by atoms with Gasteiger partial charge in [0.2, 0.25) is 0 Å². The lowest BCUT2D eigenvalue weighted by Crippen LogP contribution is -2.09. The molecule has 0 aliphatic heterocycles. The lowest BCUT2D eigenvalue weighted by molar-refractivity contribution is -0.117. The van der Waals surface area contributed by atoms with Gasteiger partial charge < -0.3 is 4.74 Å². The number of carbonyl (C=O) groups excluding carboxylic acids is 1. The molecule has 0 amide bonds. The third-order valence-electron chi connectivity index (χ3n) is 3.05. The first-order chi connectivity index (χ1) is 10.0. The van der Waals surface area contributed by atoms with E-state index in [0.717, 1.165) is 12.1 Å². The molecular formula is C16H13F3O2. The van der Waals surface area contributed by atoms with Crippen molar-refractivity contribution in [3.05, 3.63) is 65.0 Å². The monoisotopic (exact) mass is 294 g/mol. The molecule has 0 spiro atoms. The van der Waals surface area contributed by atoms with E-state index < -0.39 is 17.5 Å². The number of rotatable bonds is 5. The van der Waals surface area contributed by atoms with Crippen molar-refractivity contribution >= 4 is 5.78 Å². The fraction of sp³-hybridized carbons (Fsp3) is 0.188. The molecule has 0 unspecified atom stereocenters. The average molecular weight is 294 g/mol. The van der Waals surface area contributed by atoms with Gasteiger partial charge in [0.15, 0.2) is 11.6 Å². The number of methoxy groups -OCH3 is 1. The number of benzene rings is 2. The molecule has 0 aliphatic rings. The van der Waals surface area contributed by atoms with Gasteiger partial charge in [0.1, 0.15) is 17.4 Å². The Morgan fingerprint density at radius 3 is 2.43 bits per heavy atom. The largest absolute Gasteiger partial charge is 0.494 e. The fourth-order valence-electron chi connectivity index (χ4n) is 2.00. The molecule has 0 heterocycles. The Balaban J connectivity index is 2.12. The minimum atomic E-state index is -0.783. The Bertz CT molecular complexity index is 669. The van der Waals surface area contributed by atoms with Gasteiger partial charge in [0.05, 0.1) is 7.11 Å². The van der Waals surface area contributed by atoms with Crippen LogP contribution in [0.5, 0.6) is 5.75 Å². The molecule has 0 aromatic heterocycles. The molecule has 2 rings (SSSR count). The Hall–Kier alpha value is -2.30. The van der Waals surface area contributed by atoms with Crippen molar-refractivity contribution in [3.8, 4) is 5.75 Å². The molecule has 2 aromatic carbocycles. The fourth-order valence-corrected chi connectivity index (χ4v) is 2.00. The first kappa shape index (κ1) is 15.1. The molecule has 0 aliphatic carbocycles. The third kappa shape index (κ3) is 3.62. The summed E-state index contributed by atoms with van der Waals surface area (Å²) in [6.07, 6.45) is -0.400. The minimum Gasteiger partial charge on any atom is -0.494 e. The number of hydrogen-bond acceptors (Lipinski definition) is 2. The summed E-state index contributed by atoms with van der Waals surface area (Å²) < 4.78 is 45.0. The van der Waals surface area contributed by atoms with Crippen LogP contribution >= 0.6 is 0 Å². The predicted molar refractivity (Wildman–Crippen MR) is 71.7 cm³/mol. The van der Waals surface area contributed by atoms with Crippen LogP contribution in [0.1, 0.15) is 11.1 Å². The quantitative estimate of drug-likeness (QED) is 0.844. The van der Waals surface area contributed by atoms with E-state index in [1.54, 1.807) is 6.07 Å². The minimum absolute atomic E-state index is 0.0493. The number of halogens is 3. The second-order valence-electron chi connectivity index (χ2n) is 4.56. The van der Waals surface area contributed by atoms with E-state index in [-0.39, 0.29) is 35.5 Å². The summed E-state index contributed by atoms with van der Waals surface area (Å²) in [5, 5.41) is 0. The summed E-state index contributed by atoms with van der Waals surface area (Å²) in [4.78, 5) is 11.9. The Labute approximate surface area is 120 Å². The van der Waals surface area contributed by atoms with Gasteiger partial charge in [0, 0.05) is 18.9 Å². The second kappa shape index (κ2) is 6.43. The van der Waals surface area contributed by atoms with Crippen molar-refractivity contribution < 1.29 is 22.7 Å². The van der Waals surface area contributed by atoms with Crippen molar-refractivity contribution in [1.82, 2.24) is 0 Å². The smallest absolute Gasteiger partial charge is 0.168 e. The first-order valence-electron chi connectivity index (χ1n) is 6.28. The Kier molecular flexibility index (Phi) is 4.62. The molecule has 21 heavy (non-hydrogen) atoms. The zero-order valence-corrected chi connectivity index (χ0v) is 11.3. The lowest BCUT2D eigenvalue weighted by Gasteiger charge is -2.07. The van der Waals surface area contributed by atoms with Crippen LogP contribution in [0.15, 0.2) is 36.4 Å². The number of hydrogen-bond donors (Lipinski definition) is 0. The molecule has 0 saturated heterocycles. The molecule has 2 nitrogen and oxygen atoms in total. The summed E-state index contributed by atoms with van der Waals surface area (Å²) in [5.74, 6) is -2.41. The van der Waals surface area contributed by atoms with Gasteiger partial charge in [-0.25, -0.2) is 13.2 Å². The summed E-state index contributed by atoms with van der Waals surface area (Å²) in [5.41, 5.74) is 0.270. The SMILES string of the molecule is COc1cccc(CC(=O)Cc2ccc(F)cc2F)c1F. The molecule has 5 heteroatoms. The normalized spacial score (nSPS) is 10.5. The van der Waals surface area contributed by atoms with Crippen molar-refractivity contribution in [2.24, 2.45) is 0 Å². The van der Waals surface area contributed by atoms with Crippen LogP contribution in [0.25, 0.3) is 0 Å². The van der Waals surface area contributed by atoms with E-state index in [1.807, 2.05) is 0 Å². The first-order valence-corrected chi connectivity index (χ1v) is 6.28. The third-order valence-corrected chi connectivity index (χ3v) is 3.05. The number of Topliss-reactive ketones (excluding diaryl/α,β-unsaturated/α-hetero) is 1. The highest BCUT2D eigenvalue weighted by atomic mass is 19.1. The number of ether oxygens (including phenoxy) is 1. The van der Waals surface area contributed by atoms with Gasteiger partial charge in [-0.15, -0.1) is 0 Å². The predicted octanol–water partition coefficient (Wildman–Crippen LogP) is 3.47. The summed E-state index contributed by atoms with van der Waals surface area (Å²) in [6.45, 7) is 0. The molecule has 0 atom stereocenters. The van der Waals surface area contributed by atoms with Crippen molar-refractivity contribution in [2.45, 2.75) is 12.8 Å².